The molecule has 4 rings (SSSR count). The molecule has 7 heteroatoms. The van der Waals surface area contributed by atoms with Gasteiger partial charge in [-0.05, 0) is 59.5 Å². The van der Waals surface area contributed by atoms with Gasteiger partial charge in [0, 0.05) is 10.6 Å². The first kappa shape index (κ1) is 20.1. The van der Waals surface area contributed by atoms with E-state index in [1.165, 1.54) is 11.3 Å². The Bertz CT molecular complexity index is 1190. The van der Waals surface area contributed by atoms with Crippen LogP contribution in [0.15, 0.2) is 70.3 Å². The molecule has 3 heterocycles. The first-order chi connectivity index (χ1) is 14.1. The number of pyridine rings is 1. The first-order valence-corrected chi connectivity index (χ1v) is 12.1. The van der Waals surface area contributed by atoms with E-state index in [4.69, 9.17) is 17.0 Å². The lowest BCUT2D eigenvalue weighted by Crippen LogP contribution is -2.10. The van der Waals surface area contributed by atoms with Crippen LogP contribution in [0.25, 0.3) is 16.3 Å². The van der Waals surface area contributed by atoms with Gasteiger partial charge in [-0.25, -0.2) is 0 Å². The van der Waals surface area contributed by atoms with Crippen LogP contribution >= 0.6 is 46.7 Å². The summed E-state index contributed by atoms with van der Waals surface area (Å²) >= 11 is 10.5. The third-order valence-electron chi connectivity index (χ3n) is 4.47. The molecule has 0 spiro atoms. The first-order valence-electron chi connectivity index (χ1n) is 8.74. The zero-order valence-electron chi connectivity index (χ0n) is 15.7. The summed E-state index contributed by atoms with van der Waals surface area (Å²) in [6, 6.07) is 17.6. The summed E-state index contributed by atoms with van der Waals surface area (Å²) in [7, 11) is 1.64. The lowest BCUT2D eigenvalue weighted by Gasteiger charge is -2.18. The summed E-state index contributed by atoms with van der Waals surface area (Å²) < 4.78 is 7.80. The number of aromatic nitrogens is 1. The van der Waals surface area contributed by atoms with E-state index in [0.29, 0.717) is 15.1 Å². The van der Waals surface area contributed by atoms with Crippen molar-refractivity contribution in [1.29, 1.82) is 0 Å². The van der Waals surface area contributed by atoms with Crippen LogP contribution < -0.4 is 4.74 Å². The van der Waals surface area contributed by atoms with Gasteiger partial charge >= 0.3 is 0 Å². The van der Waals surface area contributed by atoms with Crippen molar-refractivity contribution in [1.82, 2.24) is 4.57 Å². The Morgan fingerprint density at radius 1 is 1.07 bits per heavy atom. The van der Waals surface area contributed by atoms with Gasteiger partial charge in [-0.2, -0.15) is 0 Å². The monoisotopic (exact) mass is 455 g/mol. The Morgan fingerprint density at radius 2 is 1.79 bits per heavy atom. The van der Waals surface area contributed by atoms with E-state index in [0.717, 1.165) is 26.9 Å². The normalized spacial score (nSPS) is 10.8. The summed E-state index contributed by atoms with van der Waals surface area (Å²) in [5.41, 5.74) is 2.44. The molecule has 1 aromatic carbocycles. The molecule has 0 bridgehead atoms. The number of hydrogen-bond donors (Lipinski definition) is 0. The topological polar surface area (TPSA) is 31.2 Å². The fourth-order valence-corrected chi connectivity index (χ4v) is 5.58. The third-order valence-corrected chi connectivity index (χ3v) is 7.38. The molecule has 0 saturated carbocycles. The lowest BCUT2D eigenvalue weighted by molar-refractivity contribution is 0.103. The molecule has 4 aromatic rings. The fourth-order valence-electron chi connectivity index (χ4n) is 3.08. The standard InChI is InChI=1S/C22H17NO2S4/c1-25-15-9-7-14(8-10-15)23-16(17-5-3-11-28-17)13-19(27-2)20(22(23)26)21(24)18-6-4-12-29-18/h3-13H,1-2H3. The number of carbonyl (C=O) groups excluding carboxylic acids is 1. The number of methoxy groups -OCH3 is 1. The van der Waals surface area contributed by atoms with E-state index >= 15 is 0 Å². The van der Waals surface area contributed by atoms with Crippen LogP contribution in [0.3, 0.4) is 0 Å². The molecule has 3 aromatic heterocycles. The maximum atomic E-state index is 13.3. The van der Waals surface area contributed by atoms with E-state index in [2.05, 4.69) is 12.1 Å². The van der Waals surface area contributed by atoms with Crippen LogP contribution in [0.5, 0.6) is 5.75 Å². The maximum absolute atomic E-state index is 13.3. The highest BCUT2D eigenvalue weighted by atomic mass is 32.2. The van der Waals surface area contributed by atoms with Crippen molar-refractivity contribution in [3.05, 3.63) is 80.4 Å². The molecule has 0 aliphatic carbocycles. The number of thioether (sulfide) groups is 1. The molecular weight excluding hydrogens is 439 g/mol. The van der Waals surface area contributed by atoms with Crippen LogP contribution in [-0.4, -0.2) is 23.7 Å². The van der Waals surface area contributed by atoms with Gasteiger partial charge in [-0.1, -0.05) is 24.4 Å². The maximum Gasteiger partial charge on any atom is 0.207 e. The van der Waals surface area contributed by atoms with Gasteiger partial charge in [0.1, 0.15) is 10.4 Å². The van der Waals surface area contributed by atoms with Gasteiger partial charge in [-0.3, -0.25) is 9.36 Å². The number of ketones is 1. The second-order valence-electron chi connectivity index (χ2n) is 6.10. The van der Waals surface area contributed by atoms with Crippen molar-refractivity contribution < 1.29 is 9.53 Å². The van der Waals surface area contributed by atoms with E-state index in [-0.39, 0.29) is 5.78 Å². The zero-order chi connectivity index (χ0) is 20.4. The van der Waals surface area contributed by atoms with Crippen molar-refractivity contribution in [2.75, 3.05) is 13.4 Å². The van der Waals surface area contributed by atoms with E-state index in [1.54, 1.807) is 30.2 Å². The molecular formula is C22H17NO2S4. The minimum atomic E-state index is -0.0330. The highest BCUT2D eigenvalue weighted by Gasteiger charge is 2.22. The van der Waals surface area contributed by atoms with Gasteiger partial charge in [0.15, 0.2) is 0 Å². The van der Waals surface area contributed by atoms with Gasteiger partial charge in [0.2, 0.25) is 5.78 Å². The number of thiophene rings is 2. The second-order valence-corrected chi connectivity index (χ2v) is 9.23. The molecule has 0 aliphatic heterocycles. The molecule has 0 saturated heterocycles. The van der Waals surface area contributed by atoms with Crippen molar-refractivity contribution >= 4 is 52.4 Å². The smallest absolute Gasteiger partial charge is 0.207 e. The molecule has 0 fully saturated rings. The fraction of sp³-hybridized carbons (Fsp3) is 0.0909. The summed E-state index contributed by atoms with van der Waals surface area (Å²) in [4.78, 5) is 16.0. The van der Waals surface area contributed by atoms with Crippen molar-refractivity contribution in [2.24, 2.45) is 0 Å². The molecule has 0 amide bonds. The summed E-state index contributed by atoms with van der Waals surface area (Å²) in [5, 5.41) is 3.95. The van der Waals surface area contributed by atoms with Crippen molar-refractivity contribution in [3.63, 3.8) is 0 Å². The molecule has 0 unspecified atom stereocenters. The Kier molecular flexibility index (Phi) is 6.01. The molecule has 3 nitrogen and oxygen atoms in total. The Hall–Kier alpha value is -2.19. The van der Waals surface area contributed by atoms with Gasteiger partial charge < -0.3 is 4.74 Å². The molecule has 0 N–H and O–H groups in total. The second kappa shape index (κ2) is 8.67. The largest absolute Gasteiger partial charge is 0.497 e. The van der Waals surface area contributed by atoms with Crippen LogP contribution in [0, 0.1) is 4.64 Å². The average Bonchev–Trinajstić information content (AvgIpc) is 3.47. The van der Waals surface area contributed by atoms with Crippen molar-refractivity contribution in [3.8, 4) is 22.0 Å². The highest BCUT2D eigenvalue weighted by Crippen LogP contribution is 2.35. The predicted octanol–water partition coefficient (Wildman–Crippen LogP) is 6.96. The lowest BCUT2D eigenvalue weighted by atomic mass is 10.1. The Balaban J connectivity index is 2.01. The predicted molar refractivity (Wildman–Crippen MR) is 126 cm³/mol. The molecule has 146 valence electrons. The number of hydrogen-bond acceptors (Lipinski definition) is 6. The van der Waals surface area contributed by atoms with E-state index in [1.807, 2.05) is 64.0 Å². The highest BCUT2D eigenvalue weighted by molar-refractivity contribution is 7.98. The van der Waals surface area contributed by atoms with Crippen molar-refractivity contribution in [2.45, 2.75) is 4.90 Å². The summed E-state index contributed by atoms with van der Waals surface area (Å²) in [5.74, 6) is 0.739. The molecule has 0 radical (unpaired) electrons. The van der Waals surface area contributed by atoms with Crippen LogP contribution in [0.1, 0.15) is 15.2 Å². The number of nitrogens with zero attached hydrogens (tertiary/aromatic N) is 1. The SMILES string of the molecule is COc1ccc(-n2c(-c3cccs3)cc(SC)c(C(=O)c3cccs3)c2=S)cc1. The van der Waals surface area contributed by atoms with E-state index < -0.39 is 0 Å². The van der Waals surface area contributed by atoms with Crippen LogP contribution in [-0.2, 0) is 0 Å². The number of benzene rings is 1. The molecule has 0 aliphatic rings. The van der Waals surface area contributed by atoms with Gasteiger partial charge in [0.25, 0.3) is 0 Å². The third kappa shape index (κ3) is 3.83. The average molecular weight is 456 g/mol. The Morgan fingerprint density at radius 3 is 2.38 bits per heavy atom. The van der Waals surface area contributed by atoms with Crippen LogP contribution in [0.4, 0.5) is 0 Å². The Labute approximate surface area is 186 Å². The van der Waals surface area contributed by atoms with E-state index in [9.17, 15) is 4.79 Å². The number of carbonyl (C=O) groups is 1. The minimum absolute atomic E-state index is 0.0330. The minimum Gasteiger partial charge on any atom is -0.497 e. The quantitative estimate of drug-likeness (QED) is 0.179. The number of rotatable bonds is 6. The van der Waals surface area contributed by atoms with Crippen LogP contribution in [0.2, 0.25) is 0 Å². The van der Waals surface area contributed by atoms with Gasteiger partial charge in [0.05, 0.1) is 28.1 Å². The summed E-state index contributed by atoms with van der Waals surface area (Å²) in [6.07, 6.45) is 1.98. The number of ether oxygens (including phenoxy) is 1. The molecule has 29 heavy (non-hydrogen) atoms. The van der Waals surface area contributed by atoms with Gasteiger partial charge in [-0.15, -0.1) is 34.4 Å². The summed E-state index contributed by atoms with van der Waals surface area (Å²) in [6.45, 7) is 0. The zero-order valence-corrected chi connectivity index (χ0v) is 19.0. The molecule has 0 atom stereocenters.